The lowest BCUT2D eigenvalue weighted by Gasteiger charge is -2.44. The summed E-state index contributed by atoms with van der Waals surface area (Å²) in [6.07, 6.45) is 2.52. The van der Waals surface area contributed by atoms with Crippen LogP contribution < -0.4 is 10.1 Å². The minimum Gasteiger partial charge on any atom is -0.497 e. The number of aryl methyl sites for hydroxylation is 2. The molecule has 0 radical (unpaired) electrons. The van der Waals surface area contributed by atoms with Crippen LogP contribution in [0.2, 0.25) is 0 Å². The molecular formula is C21H25NO2. The van der Waals surface area contributed by atoms with Crippen molar-refractivity contribution < 1.29 is 9.47 Å². The Hall–Kier alpha value is -2.00. The molecule has 0 unspecified atom stereocenters. The first-order valence-electron chi connectivity index (χ1n) is 8.80. The van der Waals surface area contributed by atoms with Crippen LogP contribution in [-0.4, -0.2) is 13.7 Å². The lowest BCUT2D eigenvalue weighted by Crippen LogP contribution is -2.36. The van der Waals surface area contributed by atoms with E-state index in [0.717, 1.165) is 18.8 Å². The van der Waals surface area contributed by atoms with E-state index in [1.807, 2.05) is 12.1 Å². The van der Waals surface area contributed by atoms with Gasteiger partial charge in [-0.1, -0.05) is 29.8 Å². The van der Waals surface area contributed by atoms with Crippen LogP contribution in [0, 0.1) is 19.8 Å². The zero-order chi connectivity index (χ0) is 16.7. The van der Waals surface area contributed by atoms with E-state index in [4.69, 9.17) is 9.47 Å². The highest BCUT2D eigenvalue weighted by Gasteiger charge is 2.40. The average Bonchev–Trinajstić information content (AvgIpc) is 2.61. The van der Waals surface area contributed by atoms with Crippen molar-refractivity contribution in [2.45, 2.75) is 38.8 Å². The number of methoxy groups -OCH3 is 1. The summed E-state index contributed by atoms with van der Waals surface area (Å²) in [6, 6.07) is 13.3. The van der Waals surface area contributed by atoms with Gasteiger partial charge in [0.05, 0.1) is 19.3 Å². The van der Waals surface area contributed by atoms with Crippen LogP contribution in [-0.2, 0) is 4.74 Å². The van der Waals surface area contributed by atoms with Gasteiger partial charge in [-0.2, -0.15) is 0 Å². The third kappa shape index (κ3) is 2.57. The van der Waals surface area contributed by atoms with Crippen LogP contribution in [0.1, 0.15) is 47.2 Å². The van der Waals surface area contributed by atoms with Crippen molar-refractivity contribution in [2.75, 3.05) is 19.0 Å². The molecule has 1 fully saturated rings. The van der Waals surface area contributed by atoms with Gasteiger partial charge in [0, 0.05) is 23.8 Å². The van der Waals surface area contributed by atoms with Gasteiger partial charge in [0.2, 0.25) is 0 Å². The van der Waals surface area contributed by atoms with Crippen LogP contribution in [0.25, 0.3) is 0 Å². The lowest BCUT2D eigenvalue weighted by molar-refractivity contribution is -0.0382. The lowest BCUT2D eigenvalue weighted by atomic mass is 9.76. The largest absolute Gasteiger partial charge is 0.497 e. The second-order valence-corrected chi connectivity index (χ2v) is 7.04. The summed E-state index contributed by atoms with van der Waals surface area (Å²) in [5, 5.41) is 3.82. The maximum Gasteiger partial charge on any atom is 0.118 e. The molecule has 3 atom stereocenters. The van der Waals surface area contributed by atoms with E-state index in [0.29, 0.717) is 5.92 Å². The van der Waals surface area contributed by atoms with Crippen molar-refractivity contribution >= 4 is 5.69 Å². The molecule has 0 amide bonds. The minimum atomic E-state index is 0.195. The molecule has 3 nitrogen and oxygen atoms in total. The number of nitrogens with one attached hydrogen (secondary N) is 1. The van der Waals surface area contributed by atoms with Crippen LogP contribution in [0.15, 0.2) is 36.4 Å². The van der Waals surface area contributed by atoms with Crippen molar-refractivity contribution in [1.29, 1.82) is 0 Å². The van der Waals surface area contributed by atoms with E-state index >= 15 is 0 Å². The third-order valence-corrected chi connectivity index (χ3v) is 5.39. The van der Waals surface area contributed by atoms with Crippen LogP contribution >= 0.6 is 0 Å². The first-order chi connectivity index (χ1) is 11.7. The van der Waals surface area contributed by atoms with Gasteiger partial charge in [-0.15, -0.1) is 0 Å². The van der Waals surface area contributed by atoms with E-state index in [-0.39, 0.29) is 12.1 Å². The third-order valence-electron chi connectivity index (χ3n) is 5.39. The van der Waals surface area contributed by atoms with Gasteiger partial charge in [0.1, 0.15) is 5.75 Å². The summed E-state index contributed by atoms with van der Waals surface area (Å²) in [5.41, 5.74) is 6.51. The number of fused-ring (bicyclic) bond motifs is 3. The molecule has 3 heteroatoms. The normalized spacial score (nSPS) is 25.4. The molecule has 0 saturated carbocycles. The van der Waals surface area contributed by atoms with Crippen molar-refractivity contribution in [3.05, 3.63) is 58.7 Å². The molecule has 0 aliphatic carbocycles. The quantitative estimate of drug-likeness (QED) is 0.848. The van der Waals surface area contributed by atoms with Crippen LogP contribution in [0.5, 0.6) is 5.75 Å². The molecule has 0 bridgehead atoms. The molecule has 2 aromatic rings. The van der Waals surface area contributed by atoms with Crippen LogP contribution in [0.3, 0.4) is 0 Å². The predicted molar refractivity (Wildman–Crippen MR) is 96.7 cm³/mol. The molecular weight excluding hydrogens is 298 g/mol. The fourth-order valence-corrected chi connectivity index (χ4v) is 4.29. The molecule has 2 aliphatic heterocycles. The number of hydrogen-bond acceptors (Lipinski definition) is 3. The first-order valence-corrected chi connectivity index (χ1v) is 8.80. The second kappa shape index (κ2) is 6.14. The van der Waals surface area contributed by atoms with E-state index < -0.39 is 0 Å². The van der Waals surface area contributed by atoms with E-state index in [1.54, 1.807) is 7.11 Å². The Morgan fingerprint density at radius 1 is 1.12 bits per heavy atom. The molecule has 24 heavy (non-hydrogen) atoms. The number of ether oxygens (including phenoxy) is 2. The Morgan fingerprint density at radius 2 is 1.92 bits per heavy atom. The van der Waals surface area contributed by atoms with Gasteiger partial charge in [-0.05, 0) is 49.9 Å². The average molecular weight is 323 g/mol. The smallest absolute Gasteiger partial charge is 0.118 e. The summed E-state index contributed by atoms with van der Waals surface area (Å²) >= 11 is 0. The zero-order valence-corrected chi connectivity index (χ0v) is 14.6. The maximum absolute atomic E-state index is 6.25. The van der Waals surface area contributed by atoms with E-state index in [1.165, 1.54) is 34.4 Å². The first kappa shape index (κ1) is 15.5. The highest BCUT2D eigenvalue weighted by molar-refractivity contribution is 5.63. The van der Waals surface area contributed by atoms with Crippen molar-refractivity contribution in [1.82, 2.24) is 0 Å². The summed E-state index contributed by atoms with van der Waals surface area (Å²) in [5.74, 6) is 1.37. The number of anilines is 1. The predicted octanol–water partition coefficient (Wildman–Crippen LogP) is 4.95. The van der Waals surface area contributed by atoms with Gasteiger partial charge < -0.3 is 14.8 Å². The van der Waals surface area contributed by atoms with Gasteiger partial charge in [0.25, 0.3) is 0 Å². The SMILES string of the molecule is COc1ccc([C@H]2Nc3c(C)cc(C)cc3[C@H]3OCCC[C@@H]23)cc1. The summed E-state index contributed by atoms with van der Waals surface area (Å²) < 4.78 is 11.6. The Bertz CT molecular complexity index is 738. The number of rotatable bonds is 2. The highest BCUT2D eigenvalue weighted by atomic mass is 16.5. The summed E-state index contributed by atoms with van der Waals surface area (Å²) in [4.78, 5) is 0. The molecule has 2 aromatic carbocycles. The van der Waals surface area contributed by atoms with Crippen molar-refractivity contribution in [3.8, 4) is 5.75 Å². The van der Waals surface area contributed by atoms with Gasteiger partial charge in [0.15, 0.2) is 0 Å². The second-order valence-electron chi connectivity index (χ2n) is 7.04. The molecule has 1 N–H and O–H groups in total. The fourth-order valence-electron chi connectivity index (χ4n) is 4.29. The molecule has 126 valence electrons. The van der Waals surface area contributed by atoms with E-state index in [2.05, 4.69) is 43.4 Å². The van der Waals surface area contributed by atoms with E-state index in [9.17, 15) is 0 Å². The standard InChI is InChI=1S/C21H25NO2/c1-13-11-14(2)19-18(12-13)21-17(5-4-10-24-21)20(22-19)15-6-8-16(23-3)9-7-15/h6-9,11-12,17,20-22H,4-5,10H2,1-3H3/t17-,20+,21-/m0/s1. The molecule has 4 rings (SSSR count). The maximum atomic E-state index is 6.25. The molecule has 0 spiro atoms. The monoisotopic (exact) mass is 323 g/mol. The highest BCUT2D eigenvalue weighted by Crippen LogP contribution is 2.50. The molecule has 2 aliphatic rings. The fraction of sp³-hybridized carbons (Fsp3) is 0.429. The summed E-state index contributed by atoms with van der Waals surface area (Å²) in [6.45, 7) is 5.22. The van der Waals surface area contributed by atoms with Gasteiger partial charge in [-0.3, -0.25) is 0 Å². The molecule has 2 heterocycles. The zero-order valence-electron chi connectivity index (χ0n) is 14.6. The van der Waals surface area contributed by atoms with Gasteiger partial charge >= 0.3 is 0 Å². The van der Waals surface area contributed by atoms with Crippen molar-refractivity contribution in [3.63, 3.8) is 0 Å². The topological polar surface area (TPSA) is 30.5 Å². The van der Waals surface area contributed by atoms with Gasteiger partial charge in [-0.25, -0.2) is 0 Å². The Labute approximate surface area is 144 Å². The Kier molecular flexibility index (Phi) is 3.97. The number of benzene rings is 2. The van der Waals surface area contributed by atoms with Crippen LogP contribution in [0.4, 0.5) is 5.69 Å². The molecule has 0 aromatic heterocycles. The Morgan fingerprint density at radius 3 is 2.67 bits per heavy atom. The van der Waals surface area contributed by atoms with Crippen molar-refractivity contribution in [2.24, 2.45) is 5.92 Å². The molecule has 1 saturated heterocycles. The Balaban J connectivity index is 1.77. The summed E-state index contributed by atoms with van der Waals surface area (Å²) in [7, 11) is 1.71. The minimum absolute atomic E-state index is 0.195. The number of hydrogen-bond donors (Lipinski definition) is 1.